The van der Waals surface area contributed by atoms with Crippen molar-refractivity contribution in [1.29, 1.82) is 0 Å². The average molecular weight is 370 g/mol. The molecular weight excluding hydrogens is 352 g/mol. The molecule has 4 amide bonds. The minimum Gasteiger partial charge on any atom is -0.323 e. The second-order valence-corrected chi connectivity index (χ2v) is 7.50. The SMILES string of the molecule is O=C1NC(=O)C2(CCC(C(=O)Nc3scnc3-c3ccccc3)CC2)N1. The van der Waals surface area contributed by atoms with Crippen LogP contribution in [-0.2, 0) is 9.59 Å². The summed E-state index contributed by atoms with van der Waals surface area (Å²) < 4.78 is 0. The Kier molecular flexibility index (Phi) is 4.20. The molecule has 7 nitrogen and oxygen atoms in total. The number of rotatable bonds is 3. The van der Waals surface area contributed by atoms with Gasteiger partial charge in [-0.2, -0.15) is 0 Å². The van der Waals surface area contributed by atoms with Gasteiger partial charge in [-0.3, -0.25) is 14.9 Å². The Labute approximate surface area is 154 Å². The molecule has 1 aliphatic carbocycles. The van der Waals surface area contributed by atoms with Crippen molar-refractivity contribution >= 4 is 34.2 Å². The van der Waals surface area contributed by atoms with E-state index in [1.807, 2.05) is 30.3 Å². The summed E-state index contributed by atoms with van der Waals surface area (Å²) in [7, 11) is 0. The quantitative estimate of drug-likeness (QED) is 0.723. The lowest BCUT2D eigenvalue weighted by Crippen LogP contribution is -2.50. The van der Waals surface area contributed by atoms with Gasteiger partial charge in [0.05, 0.1) is 5.51 Å². The van der Waals surface area contributed by atoms with Crippen LogP contribution in [0.4, 0.5) is 9.80 Å². The van der Waals surface area contributed by atoms with E-state index in [0.29, 0.717) is 25.7 Å². The topological polar surface area (TPSA) is 100 Å². The van der Waals surface area contributed by atoms with Crippen molar-refractivity contribution in [2.75, 3.05) is 5.32 Å². The second kappa shape index (κ2) is 6.53. The predicted molar refractivity (Wildman–Crippen MR) is 97.5 cm³/mol. The first-order chi connectivity index (χ1) is 12.6. The first kappa shape index (κ1) is 16.7. The Bertz CT molecular complexity index is 856. The number of anilines is 1. The molecule has 1 aromatic heterocycles. The molecule has 2 aliphatic rings. The molecule has 0 unspecified atom stereocenters. The Balaban J connectivity index is 1.42. The number of benzene rings is 1. The van der Waals surface area contributed by atoms with Crippen LogP contribution in [0, 0.1) is 5.92 Å². The number of thiazole rings is 1. The molecule has 0 radical (unpaired) electrons. The standard InChI is InChI=1S/C18H18N4O3S/c23-14(12-6-8-18(9-7-12)16(24)21-17(25)22-18)20-15-13(19-10-26-15)11-4-2-1-3-5-11/h1-5,10,12H,6-9H2,(H,20,23)(H2,21,22,24,25). The highest BCUT2D eigenvalue weighted by molar-refractivity contribution is 7.14. The second-order valence-electron chi connectivity index (χ2n) is 6.65. The van der Waals surface area contributed by atoms with Crippen LogP contribution in [0.2, 0.25) is 0 Å². The zero-order chi connectivity index (χ0) is 18.1. The molecule has 2 aromatic rings. The van der Waals surface area contributed by atoms with Crippen LogP contribution in [0.25, 0.3) is 11.3 Å². The number of aromatic nitrogens is 1. The normalized spacial score (nSPS) is 25.0. The molecule has 8 heteroatoms. The molecule has 1 saturated heterocycles. The molecule has 0 atom stereocenters. The lowest BCUT2D eigenvalue weighted by Gasteiger charge is -2.33. The van der Waals surface area contributed by atoms with E-state index in [4.69, 9.17) is 0 Å². The van der Waals surface area contributed by atoms with Gasteiger partial charge in [0.2, 0.25) is 5.91 Å². The van der Waals surface area contributed by atoms with Gasteiger partial charge in [-0.25, -0.2) is 9.78 Å². The van der Waals surface area contributed by atoms with Crippen LogP contribution in [0.1, 0.15) is 25.7 Å². The van der Waals surface area contributed by atoms with Gasteiger partial charge in [0.1, 0.15) is 16.2 Å². The summed E-state index contributed by atoms with van der Waals surface area (Å²) in [6.45, 7) is 0. The van der Waals surface area contributed by atoms with Crippen molar-refractivity contribution in [3.8, 4) is 11.3 Å². The van der Waals surface area contributed by atoms with E-state index in [9.17, 15) is 14.4 Å². The Morgan fingerprint density at radius 2 is 1.92 bits per heavy atom. The van der Waals surface area contributed by atoms with Crippen LogP contribution in [0.15, 0.2) is 35.8 Å². The number of amides is 4. The number of urea groups is 1. The van der Waals surface area contributed by atoms with Crippen molar-refractivity contribution < 1.29 is 14.4 Å². The third-order valence-corrected chi connectivity index (χ3v) is 5.82. The van der Waals surface area contributed by atoms with Gasteiger partial charge in [-0.1, -0.05) is 30.3 Å². The highest BCUT2D eigenvalue weighted by atomic mass is 32.1. The number of imide groups is 1. The fourth-order valence-corrected chi connectivity index (χ4v) is 4.31. The molecular formula is C18H18N4O3S. The van der Waals surface area contributed by atoms with E-state index in [-0.39, 0.29) is 17.7 Å². The van der Waals surface area contributed by atoms with Crippen molar-refractivity contribution in [2.24, 2.45) is 5.92 Å². The number of carbonyl (C=O) groups is 3. The van der Waals surface area contributed by atoms with Crippen LogP contribution < -0.4 is 16.0 Å². The van der Waals surface area contributed by atoms with Crippen molar-refractivity contribution in [3.63, 3.8) is 0 Å². The maximum atomic E-state index is 12.7. The summed E-state index contributed by atoms with van der Waals surface area (Å²) in [5, 5.41) is 8.72. The highest BCUT2D eigenvalue weighted by Gasteiger charge is 2.48. The minimum absolute atomic E-state index is 0.0639. The number of carbonyl (C=O) groups excluding carboxylic acids is 3. The monoisotopic (exact) mass is 370 g/mol. The summed E-state index contributed by atoms with van der Waals surface area (Å²) in [6.07, 6.45) is 2.05. The van der Waals surface area contributed by atoms with Gasteiger partial charge in [0.15, 0.2) is 0 Å². The Morgan fingerprint density at radius 3 is 2.58 bits per heavy atom. The van der Waals surface area contributed by atoms with Gasteiger partial charge in [-0.15, -0.1) is 11.3 Å². The van der Waals surface area contributed by atoms with Gasteiger partial charge < -0.3 is 10.6 Å². The molecule has 2 fully saturated rings. The van der Waals surface area contributed by atoms with Crippen molar-refractivity contribution in [3.05, 3.63) is 35.8 Å². The van der Waals surface area contributed by atoms with E-state index in [1.165, 1.54) is 11.3 Å². The number of nitrogens with one attached hydrogen (secondary N) is 3. The summed E-state index contributed by atoms with van der Waals surface area (Å²) >= 11 is 1.39. The smallest absolute Gasteiger partial charge is 0.322 e. The Hall–Kier alpha value is -2.74. The third kappa shape index (κ3) is 2.96. The zero-order valence-electron chi connectivity index (χ0n) is 14.0. The van der Waals surface area contributed by atoms with E-state index < -0.39 is 11.6 Å². The van der Waals surface area contributed by atoms with Crippen LogP contribution >= 0.6 is 11.3 Å². The van der Waals surface area contributed by atoms with Gasteiger partial charge in [0, 0.05) is 11.5 Å². The third-order valence-electron chi connectivity index (χ3n) is 5.08. The molecule has 0 bridgehead atoms. The first-order valence-electron chi connectivity index (χ1n) is 8.51. The summed E-state index contributed by atoms with van der Waals surface area (Å²) in [5.41, 5.74) is 2.59. The molecule has 3 N–H and O–H groups in total. The summed E-state index contributed by atoms with van der Waals surface area (Å²) in [5.74, 6) is -0.530. The van der Waals surface area contributed by atoms with E-state index in [0.717, 1.165) is 16.3 Å². The predicted octanol–water partition coefficient (Wildman–Crippen LogP) is 2.52. The first-order valence-corrected chi connectivity index (χ1v) is 9.39. The summed E-state index contributed by atoms with van der Waals surface area (Å²) in [4.78, 5) is 40.4. The zero-order valence-corrected chi connectivity index (χ0v) is 14.8. The molecule has 1 aromatic carbocycles. The summed E-state index contributed by atoms with van der Waals surface area (Å²) in [6, 6.07) is 9.26. The highest BCUT2D eigenvalue weighted by Crippen LogP contribution is 2.36. The van der Waals surface area contributed by atoms with Crippen LogP contribution in [0.3, 0.4) is 0 Å². The van der Waals surface area contributed by atoms with E-state index >= 15 is 0 Å². The molecule has 1 spiro atoms. The van der Waals surface area contributed by atoms with Crippen molar-refractivity contribution in [2.45, 2.75) is 31.2 Å². The number of hydrogen-bond acceptors (Lipinski definition) is 5. The molecule has 26 heavy (non-hydrogen) atoms. The van der Waals surface area contributed by atoms with Gasteiger partial charge in [-0.05, 0) is 25.7 Å². The molecule has 1 aliphatic heterocycles. The maximum Gasteiger partial charge on any atom is 0.322 e. The largest absolute Gasteiger partial charge is 0.323 e. The van der Waals surface area contributed by atoms with Gasteiger partial charge >= 0.3 is 6.03 Å². The van der Waals surface area contributed by atoms with Gasteiger partial charge in [0.25, 0.3) is 5.91 Å². The molecule has 134 valence electrons. The Morgan fingerprint density at radius 1 is 1.19 bits per heavy atom. The minimum atomic E-state index is -0.840. The van der Waals surface area contributed by atoms with Crippen LogP contribution in [-0.4, -0.2) is 28.4 Å². The van der Waals surface area contributed by atoms with E-state index in [1.54, 1.807) is 5.51 Å². The molecule has 1 saturated carbocycles. The fraction of sp³-hybridized carbons (Fsp3) is 0.333. The molecule has 2 heterocycles. The van der Waals surface area contributed by atoms with E-state index in [2.05, 4.69) is 20.9 Å². The lowest BCUT2D eigenvalue weighted by atomic mass is 9.76. The lowest BCUT2D eigenvalue weighted by molar-refractivity contribution is -0.128. The fourth-order valence-electron chi connectivity index (χ4n) is 3.60. The number of nitrogens with zero attached hydrogens (tertiary/aromatic N) is 1. The number of hydrogen-bond donors (Lipinski definition) is 3. The average Bonchev–Trinajstić information content (AvgIpc) is 3.21. The maximum absolute atomic E-state index is 12.7. The molecule has 4 rings (SSSR count). The van der Waals surface area contributed by atoms with Crippen molar-refractivity contribution in [1.82, 2.24) is 15.6 Å². The van der Waals surface area contributed by atoms with Crippen LogP contribution in [0.5, 0.6) is 0 Å².